The summed E-state index contributed by atoms with van der Waals surface area (Å²) in [5, 5.41) is 9.28. The summed E-state index contributed by atoms with van der Waals surface area (Å²) in [6.45, 7) is 0.225. The number of aliphatic carboxylic acids is 1. The van der Waals surface area contributed by atoms with Gasteiger partial charge in [-0.25, -0.2) is 4.79 Å². The molecular formula is C11H12N2O7S. The van der Waals surface area contributed by atoms with E-state index in [9.17, 15) is 27.9 Å². The lowest BCUT2D eigenvalue weighted by atomic mass is 9.92. The molecule has 0 aromatic heterocycles. The number of hydrogen-bond acceptors (Lipinski definition) is 6. The lowest BCUT2D eigenvalue weighted by Gasteiger charge is -2.46. The summed E-state index contributed by atoms with van der Waals surface area (Å²) in [7, 11) is -3.88. The molecular weight excluding hydrogens is 304 g/mol. The topological polar surface area (TPSA) is 121 Å². The number of nitrogens with zero attached hydrogens (tertiary/aromatic N) is 2. The van der Waals surface area contributed by atoms with E-state index < -0.39 is 40.2 Å². The van der Waals surface area contributed by atoms with Gasteiger partial charge in [-0.1, -0.05) is 0 Å². The van der Waals surface area contributed by atoms with Gasteiger partial charge in [0, 0.05) is 6.54 Å². The molecule has 2 amide bonds. The van der Waals surface area contributed by atoms with Gasteiger partial charge in [0.05, 0.1) is 12.0 Å². The highest BCUT2D eigenvalue weighted by Crippen LogP contribution is 2.46. The van der Waals surface area contributed by atoms with E-state index in [4.69, 9.17) is 4.18 Å². The molecule has 1 fully saturated rings. The van der Waals surface area contributed by atoms with E-state index in [1.54, 1.807) is 0 Å². The Hall–Kier alpha value is -1.94. The fourth-order valence-electron chi connectivity index (χ4n) is 3.12. The summed E-state index contributed by atoms with van der Waals surface area (Å²) < 4.78 is 27.6. The van der Waals surface area contributed by atoms with Crippen molar-refractivity contribution in [1.82, 2.24) is 9.80 Å². The van der Waals surface area contributed by atoms with Gasteiger partial charge in [0.2, 0.25) is 6.41 Å². The molecule has 21 heavy (non-hydrogen) atoms. The monoisotopic (exact) mass is 316 g/mol. The largest absolute Gasteiger partial charge is 0.480 e. The van der Waals surface area contributed by atoms with Crippen molar-refractivity contribution in [3.8, 4) is 0 Å². The van der Waals surface area contributed by atoms with Crippen LogP contribution in [0.5, 0.6) is 0 Å². The molecule has 0 spiro atoms. The molecule has 1 N–H and O–H groups in total. The minimum Gasteiger partial charge on any atom is -0.480 e. The van der Waals surface area contributed by atoms with Crippen molar-refractivity contribution < 1.29 is 32.1 Å². The summed E-state index contributed by atoms with van der Waals surface area (Å²) in [6.07, 6.45) is 0.407. The van der Waals surface area contributed by atoms with E-state index in [-0.39, 0.29) is 13.0 Å². The molecule has 9 nitrogen and oxygen atoms in total. The summed E-state index contributed by atoms with van der Waals surface area (Å²) >= 11 is 0. The van der Waals surface area contributed by atoms with Gasteiger partial charge in [0.15, 0.2) is 12.1 Å². The highest BCUT2D eigenvalue weighted by atomic mass is 32.2. The summed E-state index contributed by atoms with van der Waals surface area (Å²) in [5.74, 6) is -1.87. The molecule has 10 heteroatoms. The lowest BCUT2D eigenvalue weighted by molar-refractivity contribution is -0.158. The SMILES string of the molecule is CS(=O)(=O)OC1C2=C3[C@@H](C(=O)N3C1C(=O)O)N(C=O)CC2. The molecule has 3 aliphatic rings. The summed E-state index contributed by atoms with van der Waals surface area (Å²) in [4.78, 5) is 36.7. The van der Waals surface area contributed by atoms with Crippen LogP contribution in [-0.2, 0) is 28.7 Å². The minimum atomic E-state index is -3.88. The van der Waals surface area contributed by atoms with Crippen LogP contribution in [0.2, 0.25) is 0 Å². The Balaban J connectivity index is 2.05. The zero-order chi connectivity index (χ0) is 15.5. The van der Waals surface area contributed by atoms with Crippen LogP contribution in [0.4, 0.5) is 0 Å². The second-order valence-electron chi connectivity index (χ2n) is 5.12. The van der Waals surface area contributed by atoms with E-state index in [0.717, 1.165) is 11.2 Å². The number of β-lactam (4-membered cyclic amide) rings is 1. The predicted molar refractivity (Wildman–Crippen MR) is 66.2 cm³/mol. The first kappa shape index (κ1) is 14.0. The summed E-state index contributed by atoms with van der Waals surface area (Å²) in [5.41, 5.74) is 0.856. The third kappa shape index (κ3) is 1.86. The Morgan fingerprint density at radius 3 is 2.67 bits per heavy atom. The Labute approximate surface area is 119 Å². The van der Waals surface area contributed by atoms with Crippen LogP contribution in [0.15, 0.2) is 11.3 Å². The van der Waals surface area contributed by atoms with E-state index >= 15 is 0 Å². The van der Waals surface area contributed by atoms with Crippen LogP contribution in [-0.4, -0.2) is 72.6 Å². The van der Waals surface area contributed by atoms with Crippen molar-refractivity contribution in [3.05, 3.63) is 11.3 Å². The van der Waals surface area contributed by atoms with Gasteiger partial charge in [-0.05, 0) is 12.0 Å². The number of carboxylic acid groups (broad SMARTS) is 1. The van der Waals surface area contributed by atoms with Crippen molar-refractivity contribution in [1.29, 1.82) is 0 Å². The molecule has 2 unspecified atom stereocenters. The molecule has 0 aromatic carbocycles. The standard InChI is InChI=1S/C11H12N2O7S/c1-21(18,19)20-9-5-2-3-12(4-14)7-6(5)13(10(7)15)8(9)11(16)17/h4,7-9H,2-3H2,1H3,(H,16,17)/t7-,8?,9?/m0/s1. The zero-order valence-electron chi connectivity index (χ0n) is 10.9. The molecule has 0 aromatic rings. The molecule has 0 saturated carbocycles. The first-order valence-electron chi connectivity index (χ1n) is 6.14. The van der Waals surface area contributed by atoms with E-state index in [1.807, 2.05) is 0 Å². The van der Waals surface area contributed by atoms with Gasteiger partial charge in [0.1, 0.15) is 6.10 Å². The lowest BCUT2D eigenvalue weighted by Crippen LogP contribution is -2.65. The van der Waals surface area contributed by atoms with Crippen molar-refractivity contribution in [2.24, 2.45) is 0 Å². The third-order valence-electron chi connectivity index (χ3n) is 3.87. The Morgan fingerprint density at radius 2 is 2.14 bits per heavy atom. The molecule has 0 aliphatic carbocycles. The first-order chi connectivity index (χ1) is 9.76. The van der Waals surface area contributed by atoms with Crippen molar-refractivity contribution in [3.63, 3.8) is 0 Å². The maximum Gasteiger partial charge on any atom is 0.329 e. The number of rotatable bonds is 4. The van der Waals surface area contributed by atoms with Gasteiger partial charge >= 0.3 is 5.97 Å². The van der Waals surface area contributed by atoms with Gasteiger partial charge < -0.3 is 10.0 Å². The Morgan fingerprint density at radius 1 is 1.48 bits per heavy atom. The molecule has 114 valence electrons. The van der Waals surface area contributed by atoms with Gasteiger partial charge in [0.25, 0.3) is 16.0 Å². The van der Waals surface area contributed by atoms with Crippen molar-refractivity contribution in [2.75, 3.05) is 12.8 Å². The normalized spacial score (nSPS) is 31.1. The predicted octanol–water partition coefficient (Wildman–Crippen LogP) is -1.87. The Bertz CT molecular complexity index is 683. The number of carbonyl (C=O) groups excluding carboxylic acids is 2. The quantitative estimate of drug-likeness (QED) is 0.366. The van der Waals surface area contributed by atoms with Gasteiger partial charge in [-0.15, -0.1) is 0 Å². The average molecular weight is 316 g/mol. The van der Waals surface area contributed by atoms with E-state index in [0.29, 0.717) is 17.7 Å². The van der Waals surface area contributed by atoms with Crippen LogP contribution in [0, 0.1) is 0 Å². The number of carbonyl (C=O) groups is 3. The third-order valence-corrected chi connectivity index (χ3v) is 4.42. The number of carboxylic acids is 1. The van der Waals surface area contributed by atoms with E-state index in [1.165, 1.54) is 4.90 Å². The van der Waals surface area contributed by atoms with E-state index in [2.05, 4.69) is 0 Å². The Kier molecular flexibility index (Phi) is 2.85. The second-order valence-corrected chi connectivity index (χ2v) is 6.72. The van der Waals surface area contributed by atoms with Crippen molar-refractivity contribution >= 4 is 28.4 Å². The highest BCUT2D eigenvalue weighted by molar-refractivity contribution is 7.86. The fraction of sp³-hybridized carbons (Fsp3) is 0.545. The zero-order valence-corrected chi connectivity index (χ0v) is 11.7. The smallest absolute Gasteiger partial charge is 0.329 e. The molecule has 0 bridgehead atoms. The van der Waals surface area contributed by atoms with Crippen LogP contribution in [0.3, 0.4) is 0 Å². The molecule has 3 heterocycles. The van der Waals surface area contributed by atoms with Gasteiger partial charge in [-0.3, -0.25) is 18.7 Å². The fourth-order valence-corrected chi connectivity index (χ4v) is 3.72. The number of hydrogen-bond donors (Lipinski definition) is 1. The highest BCUT2D eigenvalue weighted by Gasteiger charge is 2.62. The maximum atomic E-state index is 12.1. The minimum absolute atomic E-state index is 0.225. The first-order valence-corrected chi connectivity index (χ1v) is 7.96. The molecule has 3 aliphatic heterocycles. The molecule has 0 radical (unpaired) electrons. The van der Waals surface area contributed by atoms with Crippen molar-refractivity contribution in [2.45, 2.75) is 24.6 Å². The summed E-state index contributed by atoms with van der Waals surface area (Å²) in [6, 6.07) is -2.22. The van der Waals surface area contributed by atoms with Gasteiger partial charge in [-0.2, -0.15) is 8.42 Å². The maximum absolute atomic E-state index is 12.1. The second kappa shape index (κ2) is 4.28. The van der Waals surface area contributed by atoms with Crippen LogP contribution < -0.4 is 0 Å². The van der Waals surface area contributed by atoms with Crippen LogP contribution >= 0.6 is 0 Å². The molecule has 1 saturated heterocycles. The van der Waals surface area contributed by atoms with Crippen LogP contribution in [0.1, 0.15) is 6.42 Å². The number of amides is 2. The molecule has 3 rings (SSSR count). The average Bonchev–Trinajstić information content (AvgIpc) is 2.68. The molecule has 3 atom stereocenters. The van der Waals surface area contributed by atoms with Crippen LogP contribution in [0.25, 0.3) is 0 Å².